The molecule has 1 aliphatic heterocycles. The van der Waals surface area contributed by atoms with E-state index in [2.05, 4.69) is 21.2 Å². The van der Waals surface area contributed by atoms with Crippen LogP contribution in [0.2, 0.25) is 0 Å². The van der Waals surface area contributed by atoms with E-state index in [1.165, 1.54) is 0 Å². The number of amides is 2. The van der Waals surface area contributed by atoms with E-state index in [1.807, 2.05) is 48.5 Å². The van der Waals surface area contributed by atoms with Crippen molar-refractivity contribution in [3.8, 4) is 0 Å². The third kappa shape index (κ3) is 3.79. The zero-order chi connectivity index (χ0) is 16.2. The summed E-state index contributed by atoms with van der Waals surface area (Å²) < 4.78 is 1.04. The maximum absolute atomic E-state index is 12.2. The van der Waals surface area contributed by atoms with Gasteiger partial charge in [-0.3, -0.25) is 9.59 Å². The second-order valence-corrected chi connectivity index (χ2v) is 6.46. The summed E-state index contributed by atoms with van der Waals surface area (Å²) in [6.07, 6.45) is 0.771. The van der Waals surface area contributed by atoms with Crippen LogP contribution in [0.25, 0.3) is 0 Å². The molecule has 0 aromatic heterocycles. The summed E-state index contributed by atoms with van der Waals surface area (Å²) in [4.78, 5) is 25.8. The van der Waals surface area contributed by atoms with Crippen LogP contribution in [0.4, 0.5) is 0 Å². The first-order chi connectivity index (χ1) is 11.1. The van der Waals surface area contributed by atoms with Gasteiger partial charge in [0.05, 0.1) is 0 Å². The Hall–Kier alpha value is -2.14. The molecule has 0 spiro atoms. The number of halogens is 1. The molecule has 0 unspecified atom stereocenters. The first-order valence-electron chi connectivity index (χ1n) is 7.52. The van der Waals surface area contributed by atoms with Crippen molar-refractivity contribution < 1.29 is 9.59 Å². The standard InChI is InChI=1S/C18H17BrN2O2/c19-15-7-5-13(6-8-15)9-10-20-17(22)12-21-11-14-3-1-2-4-16(14)18(21)23/h1-8H,9-12H2,(H,20,22). The number of carbonyl (C=O) groups is 2. The maximum atomic E-state index is 12.2. The summed E-state index contributed by atoms with van der Waals surface area (Å²) in [6, 6.07) is 15.5. The third-order valence-electron chi connectivity index (χ3n) is 3.88. The van der Waals surface area contributed by atoms with Crippen molar-refractivity contribution >= 4 is 27.7 Å². The topological polar surface area (TPSA) is 49.4 Å². The molecule has 2 amide bonds. The van der Waals surface area contributed by atoms with Crippen molar-refractivity contribution in [2.75, 3.05) is 13.1 Å². The van der Waals surface area contributed by atoms with E-state index < -0.39 is 0 Å². The second kappa shape index (κ2) is 6.96. The van der Waals surface area contributed by atoms with Gasteiger partial charge in [0, 0.05) is 23.1 Å². The molecule has 1 N–H and O–H groups in total. The summed E-state index contributed by atoms with van der Waals surface area (Å²) in [5, 5.41) is 2.88. The predicted molar refractivity (Wildman–Crippen MR) is 92.0 cm³/mol. The second-order valence-electron chi connectivity index (χ2n) is 5.54. The molecular formula is C18H17BrN2O2. The Labute approximate surface area is 143 Å². The lowest BCUT2D eigenvalue weighted by molar-refractivity contribution is -0.121. The molecule has 2 aromatic carbocycles. The van der Waals surface area contributed by atoms with Crippen molar-refractivity contribution in [1.82, 2.24) is 10.2 Å². The number of carbonyl (C=O) groups excluding carboxylic acids is 2. The van der Waals surface area contributed by atoms with Crippen LogP contribution < -0.4 is 5.32 Å². The van der Waals surface area contributed by atoms with Crippen LogP contribution in [-0.2, 0) is 17.8 Å². The van der Waals surface area contributed by atoms with Crippen molar-refractivity contribution in [2.24, 2.45) is 0 Å². The average Bonchev–Trinajstić information content (AvgIpc) is 2.86. The number of fused-ring (bicyclic) bond motifs is 1. The minimum absolute atomic E-state index is 0.0661. The number of hydrogen-bond donors (Lipinski definition) is 1. The fourth-order valence-corrected chi connectivity index (χ4v) is 2.93. The predicted octanol–water partition coefficient (Wildman–Crippen LogP) is 2.76. The number of hydrogen-bond acceptors (Lipinski definition) is 2. The molecule has 118 valence electrons. The van der Waals surface area contributed by atoms with Gasteiger partial charge in [-0.25, -0.2) is 0 Å². The van der Waals surface area contributed by atoms with Crippen molar-refractivity contribution in [3.63, 3.8) is 0 Å². The molecule has 0 aliphatic carbocycles. The first-order valence-corrected chi connectivity index (χ1v) is 8.31. The number of benzene rings is 2. The smallest absolute Gasteiger partial charge is 0.254 e. The van der Waals surface area contributed by atoms with Gasteiger partial charge in [0.2, 0.25) is 5.91 Å². The molecule has 0 saturated carbocycles. The van der Waals surface area contributed by atoms with Gasteiger partial charge in [-0.05, 0) is 35.7 Å². The molecule has 23 heavy (non-hydrogen) atoms. The number of rotatable bonds is 5. The van der Waals surface area contributed by atoms with Gasteiger partial charge in [0.1, 0.15) is 6.54 Å². The van der Waals surface area contributed by atoms with E-state index in [0.29, 0.717) is 18.7 Å². The molecule has 2 aromatic rings. The molecule has 0 fully saturated rings. The summed E-state index contributed by atoms with van der Waals surface area (Å²) in [5.41, 5.74) is 2.86. The van der Waals surface area contributed by atoms with E-state index in [-0.39, 0.29) is 18.4 Å². The van der Waals surface area contributed by atoms with E-state index >= 15 is 0 Å². The lowest BCUT2D eigenvalue weighted by atomic mass is 10.1. The van der Waals surface area contributed by atoms with Gasteiger partial charge in [-0.15, -0.1) is 0 Å². The van der Waals surface area contributed by atoms with Crippen molar-refractivity contribution in [2.45, 2.75) is 13.0 Å². The fraction of sp³-hybridized carbons (Fsp3) is 0.222. The average molecular weight is 373 g/mol. The molecule has 0 saturated heterocycles. The Morgan fingerprint density at radius 3 is 2.61 bits per heavy atom. The molecular weight excluding hydrogens is 356 g/mol. The van der Waals surface area contributed by atoms with Gasteiger partial charge in [-0.2, -0.15) is 0 Å². The largest absolute Gasteiger partial charge is 0.354 e. The molecule has 3 rings (SSSR count). The van der Waals surface area contributed by atoms with Crippen molar-refractivity contribution in [1.29, 1.82) is 0 Å². The molecule has 5 heteroatoms. The van der Waals surface area contributed by atoms with Crippen LogP contribution >= 0.6 is 15.9 Å². The van der Waals surface area contributed by atoms with Gasteiger partial charge < -0.3 is 10.2 Å². The quantitative estimate of drug-likeness (QED) is 0.876. The molecule has 1 heterocycles. The normalized spacial score (nSPS) is 13.1. The lowest BCUT2D eigenvalue weighted by Gasteiger charge is -2.15. The van der Waals surface area contributed by atoms with Gasteiger partial charge in [-0.1, -0.05) is 46.3 Å². The molecule has 0 radical (unpaired) electrons. The van der Waals surface area contributed by atoms with E-state index in [0.717, 1.165) is 22.0 Å². The summed E-state index contributed by atoms with van der Waals surface area (Å²) in [5.74, 6) is -0.188. The van der Waals surface area contributed by atoms with Crippen LogP contribution in [0, 0.1) is 0 Å². The van der Waals surface area contributed by atoms with Gasteiger partial charge >= 0.3 is 0 Å². The van der Waals surface area contributed by atoms with Crippen LogP contribution in [0.1, 0.15) is 21.5 Å². The van der Waals surface area contributed by atoms with Crippen LogP contribution in [0.15, 0.2) is 53.0 Å². The monoisotopic (exact) mass is 372 g/mol. The lowest BCUT2D eigenvalue weighted by Crippen LogP contribution is -2.38. The van der Waals surface area contributed by atoms with Crippen LogP contribution in [0.3, 0.4) is 0 Å². The van der Waals surface area contributed by atoms with Crippen molar-refractivity contribution in [3.05, 3.63) is 69.7 Å². The van der Waals surface area contributed by atoms with E-state index in [9.17, 15) is 9.59 Å². The summed E-state index contributed by atoms with van der Waals surface area (Å²) in [7, 11) is 0. The highest BCUT2D eigenvalue weighted by Crippen LogP contribution is 2.21. The minimum Gasteiger partial charge on any atom is -0.354 e. The van der Waals surface area contributed by atoms with Gasteiger partial charge in [0.15, 0.2) is 0 Å². The minimum atomic E-state index is -0.122. The SMILES string of the molecule is O=C(CN1Cc2ccccc2C1=O)NCCc1ccc(Br)cc1. The Balaban J connectivity index is 1.47. The van der Waals surface area contributed by atoms with E-state index in [4.69, 9.17) is 0 Å². The first kappa shape index (κ1) is 15.7. The zero-order valence-corrected chi connectivity index (χ0v) is 14.2. The fourth-order valence-electron chi connectivity index (χ4n) is 2.67. The van der Waals surface area contributed by atoms with Gasteiger partial charge in [0.25, 0.3) is 5.91 Å². The molecule has 0 bridgehead atoms. The molecule has 1 aliphatic rings. The molecule has 4 nitrogen and oxygen atoms in total. The zero-order valence-electron chi connectivity index (χ0n) is 12.6. The summed E-state index contributed by atoms with van der Waals surface area (Å²) in [6.45, 7) is 1.18. The van der Waals surface area contributed by atoms with Crippen LogP contribution in [-0.4, -0.2) is 29.8 Å². The Kier molecular flexibility index (Phi) is 4.76. The van der Waals surface area contributed by atoms with E-state index in [1.54, 1.807) is 4.90 Å². The maximum Gasteiger partial charge on any atom is 0.254 e. The summed E-state index contributed by atoms with van der Waals surface area (Å²) >= 11 is 3.40. The number of nitrogens with zero attached hydrogens (tertiary/aromatic N) is 1. The Morgan fingerprint density at radius 2 is 1.87 bits per heavy atom. The molecule has 0 atom stereocenters. The Morgan fingerprint density at radius 1 is 1.13 bits per heavy atom. The number of nitrogens with one attached hydrogen (secondary N) is 1. The highest BCUT2D eigenvalue weighted by atomic mass is 79.9. The van der Waals surface area contributed by atoms with Crippen LogP contribution in [0.5, 0.6) is 0 Å². The highest BCUT2D eigenvalue weighted by Gasteiger charge is 2.27. The third-order valence-corrected chi connectivity index (χ3v) is 4.41. The Bertz CT molecular complexity index is 728. The highest BCUT2D eigenvalue weighted by molar-refractivity contribution is 9.10.